The SMILES string of the molecule is CNc1nc(C(F)(F)F)ncc1C. The molecular formula is C7H8F3N3. The van der Waals surface area contributed by atoms with E-state index in [2.05, 4.69) is 15.3 Å². The van der Waals surface area contributed by atoms with Gasteiger partial charge in [-0.1, -0.05) is 0 Å². The van der Waals surface area contributed by atoms with Gasteiger partial charge in [-0.05, 0) is 6.92 Å². The lowest BCUT2D eigenvalue weighted by atomic mass is 10.3. The van der Waals surface area contributed by atoms with E-state index in [1.165, 1.54) is 7.05 Å². The van der Waals surface area contributed by atoms with Crippen LogP contribution in [-0.2, 0) is 6.18 Å². The Balaban J connectivity index is 3.14. The minimum Gasteiger partial charge on any atom is -0.373 e. The van der Waals surface area contributed by atoms with Crippen LogP contribution in [0.5, 0.6) is 0 Å². The van der Waals surface area contributed by atoms with Crippen molar-refractivity contribution >= 4 is 5.82 Å². The van der Waals surface area contributed by atoms with Gasteiger partial charge in [-0.3, -0.25) is 0 Å². The third-order valence-corrected chi connectivity index (χ3v) is 1.46. The predicted molar refractivity (Wildman–Crippen MR) is 41.3 cm³/mol. The Morgan fingerprint density at radius 3 is 2.46 bits per heavy atom. The van der Waals surface area contributed by atoms with E-state index < -0.39 is 12.0 Å². The molecule has 0 aromatic carbocycles. The fourth-order valence-electron chi connectivity index (χ4n) is 0.832. The third-order valence-electron chi connectivity index (χ3n) is 1.46. The molecule has 0 radical (unpaired) electrons. The molecule has 1 aromatic rings. The second kappa shape index (κ2) is 3.20. The molecule has 13 heavy (non-hydrogen) atoms. The van der Waals surface area contributed by atoms with Gasteiger partial charge in [0, 0.05) is 18.8 Å². The van der Waals surface area contributed by atoms with Gasteiger partial charge in [-0.2, -0.15) is 13.2 Å². The van der Waals surface area contributed by atoms with Crippen molar-refractivity contribution in [3.63, 3.8) is 0 Å². The average molecular weight is 191 g/mol. The van der Waals surface area contributed by atoms with Crippen molar-refractivity contribution in [3.05, 3.63) is 17.6 Å². The smallest absolute Gasteiger partial charge is 0.373 e. The molecule has 72 valence electrons. The highest BCUT2D eigenvalue weighted by Gasteiger charge is 2.34. The number of nitrogens with one attached hydrogen (secondary N) is 1. The minimum absolute atomic E-state index is 0.197. The summed E-state index contributed by atoms with van der Waals surface area (Å²) < 4.78 is 36.2. The van der Waals surface area contributed by atoms with Crippen molar-refractivity contribution < 1.29 is 13.2 Å². The molecule has 0 aliphatic rings. The van der Waals surface area contributed by atoms with E-state index in [-0.39, 0.29) is 5.82 Å². The standard InChI is InChI=1S/C7H8F3N3/c1-4-3-12-6(7(8,9)10)13-5(4)11-2/h3H,1-2H3,(H,11,12,13). The van der Waals surface area contributed by atoms with Gasteiger partial charge in [-0.25, -0.2) is 9.97 Å². The maximum atomic E-state index is 12.1. The van der Waals surface area contributed by atoms with Gasteiger partial charge in [0.15, 0.2) is 0 Å². The fraction of sp³-hybridized carbons (Fsp3) is 0.429. The van der Waals surface area contributed by atoms with Crippen LogP contribution in [0.3, 0.4) is 0 Å². The van der Waals surface area contributed by atoms with Crippen molar-refractivity contribution in [2.75, 3.05) is 12.4 Å². The van der Waals surface area contributed by atoms with Crippen LogP contribution in [0.2, 0.25) is 0 Å². The largest absolute Gasteiger partial charge is 0.451 e. The number of rotatable bonds is 1. The Labute approximate surface area is 73.0 Å². The van der Waals surface area contributed by atoms with E-state index in [1.807, 2.05) is 0 Å². The Morgan fingerprint density at radius 2 is 2.00 bits per heavy atom. The van der Waals surface area contributed by atoms with Gasteiger partial charge in [0.2, 0.25) is 5.82 Å². The van der Waals surface area contributed by atoms with Gasteiger partial charge in [0.1, 0.15) is 5.82 Å². The van der Waals surface area contributed by atoms with Crippen molar-refractivity contribution in [1.29, 1.82) is 0 Å². The van der Waals surface area contributed by atoms with E-state index in [9.17, 15) is 13.2 Å². The summed E-state index contributed by atoms with van der Waals surface area (Å²) in [5.41, 5.74) is 0.579. The molecule has 1 aromatic heterocycles. The van der Waals surface area contributed by atoms with Crippen molar-refractivity contribution in [1.82, 2.24) is 9.97 Å². The van der Waals surface area contributed by atoms with Crippen LogP contribution in [0.15, 0.2) is 6.20 Å². The van der Waals surface area contributed by atoms with Crippen LogP contribution in [0.1, 0.15) is 11.4 Å². The number of halogens is 3. The van der Waals surface area contributed by atoms with Crippen molar-refractivity contribution in [3.8, 4) is 0 Å². The normalized spacial score (nSPS) is 11.5. The van der Waals surface area contributed by atoms with Crippen LogP contribution in [-0.4, -0.2) is 17.0 Å². The van der Waals surface area contributed by atoms with Crippen LogP contribution in [0, 0.1) is 6.92 Å². The highest BCUT2D eigenvalue weighted by Crippen LogP contribution is 2.27. The maximum Gasteiger partial charge on any atom is 0.451 e. The fourth-order valence-corrected chi connectivity index (χ4v) is 0.832. The quantitative estimate of drug-likeness (QED) is 0.736. The zero-order valence-electron chi connectivity index (χ0n) is 7.11. The first kappa shape index (κ1) is 9.76. The van der Waals surface area contributed by atoms with E-state index in [1.54, 1.807) is 6.92 Å². The monoisotopic (exact) mass is 191 g/mol. The molecule has 1 N–H and O–H groups in total. The molecule has 0 bridgehead atoms. The molecule has 3 nitrogen and oxygen atoms in total. The Hall–Kier alpha value is -1.33. The van der Waals surface area contributed by atoms with Gasteiger partial charge in [0.25, 0.3) is 0 Å². The molecule has 0 atom stereocenters. The molecule has 0 unspecified atom stereocenters. The van der Waals surface area contributed by atoms with E-state index in [4.69, 9.17) is 0 Å². The average Bonchev–Trinajstić information content (AvgIpc) is 2.03. The first-order valence-electron chi connectivity index (χ1n) is 3.53. The molecule has 0 aliphatic heterocycles. The number of anilines is 1. The second-order valence-electron chi connectivity index (χ2n) is 2.47. The van der Waals surface area contributed by atoms with Gasteiger partial charge < -0.3 is 5.32 Å². The van der Waals surface area contributed by atoms with E-state index in [0.29, 0.717) is 5.56 Å². The highest BCUT2D eigenvalue weighted by molar-refractivity contribution is 5.41. The van der Waals surface area contributed by atoms with Gasteiger partial charge >= 0.3 is 6.18 Å². The molecule has 0 amide bonds. The number of alkyl halides is 3. The first-order chi connectivity index (χ1) is 5.95. The summed E-state index contributed by atoms with van der Waals surface area (Å²) in [5, 5.41) is 2.56. The number of aryl methyl sites for hydroxylation is 1. The van der Waals surface area contributed by atoms with Crippen LogP contribution in [0.4, 0.5) is 19.0 Å². The summed E-state index contributed by atoms with van der Waals surface area (Å²) in [6, 6.07) is 0. The zero-order chi connectivity index (χ0) is 10.1. The Morgan fingerprint density at radius 1 is 1.38 bits per heavy atom. The lowest BCUT2D eigenvalue weighted by Gasteiger charge is -2.08. The Kier molecular flexibility index (Phi) is 2.40. The molecule has 0 saturated heterocycles. The summed E-state index contributed by atoms with van der Waals surface area (Å²) >= 11 is 0. The summed E-state index contributed by atoms with van der Waals surface area (Å²) in [6.45, 7) is 1.63. The number of aromatic nitrogens is 2. The van der Waals surface area contributed by atoms with Crippen molar-refractivity contribution in [2.45, 2.75) is 13.1 Å². The molecule has 0 aliphatic carbocycles. The third kappa shape index (κ3) is 2.07. The lowest BCUT2D eigenvalue weighted by molar-refractivity contribution is -0.144. The molecule has 1 rings (SSSR count). The van der Waals surface area contributed by atoms with Gasteiger partial charge in [-0.15, -0.1) is 0 Å². The molecular weight excluding hydrogens is 183 g/mol. The van der Waals surface area contributed by atoms with Crippen LogP contribution < -0.4 is 5.32 Å². The molecule has 6 heteroatoms. The summed E-state index contributed by atoms with van der Waals surface area (Å²) in [6.07, 6.45) is -3.35. The topological polar surface area (TPSA) is 37.8 Å². The summed E-state index contributed by atoms with van der Waals surface area (Å²) in [5.74, 6) is -0.926. The molecule has 0 fully saturated rings. The predicted octanol–water partition coefficient (Wildman–Crippen LogP) is 1.85. The summed E-state index contributed by atoms with van der Waals surface area (Å²) in [7, 11) is 1.51. The number of nitrogens with zero attached hydrogens (tertiary/aromatic N) is 2. The van der Waals surface area contributed by atoms with E-state index >= 15 is 0 Å². The number of hydrogen-bond donors (Lipinski definition) is 1. The lowest BCUT2D eigenvalue weighted by Crippen LogP contribution is -2.12. The number of hydrogen-bond acceptors (Lipinski definition) is 3. The minimum atomic E-state index is -4.49. The van der Waals surface area contributed by atoms with Crippen LogP contribution in [0.25, 0.3) is 0 Å². The molecule has 1 heterocycles. The second-order valence-corrected chi connectivity index (χ2v) is 2.47. The molecule has 0 spiro atoms. The molecule has 0 saturated carbocycles. The van der Waals surface area contributed by atoms with Gasteiger partial charge in [0.05, 0.1) is 0 Å². The maximum absolute atomic E-state index is 12.1. The first-order valence-corrected chi connectivity index (χ1v) is 3.53. The summed E-state index contributed by atoms with van der Waals surface area (Å²) in [4.78, 5) is 6.50. The van der Waals surface area contributed by atoms with Crippen LogP contribution >= 0.6 is 0 Å². The van der Waals surface area contributed by atoms with Crippen molar-refractivity contribution in [2.24, 2.45) is 0 Å². The van der Waals surface area contributed by atoms with E-state index in [0.717, 1.165) is 6.20 Å². The Bertz CT molecular complexity index is 308. The highest BCUT2D eigenvalue weighted by atomic mass is 19.4. The zero-order valence-corrected chi connectivity index (χ0v) is 7.11.